The Morgan fingerprint density at radius 3 is 2.08 bits per heavy atom. The van der Waals surface area contributed by atoms with Crippen molar-refractivity contribution in [1.82, 2.24) is 5.32 Å². The van der Waals surface area contributed by atoms with Crippen molar-refractivity contribution in [2.24, 2.45) is 11.8 Å². The van der Waals surface area contributed by atoms with Gasteiger partial charge in [0.15, 0.2) is 0 Å². The molecule has 3 nitrogen and oxygen atoms in total. The number of nitrogens with one attached hydrogen (secondary N) is 1. The second-order valence-corrected chi connectivity index (χ2v) is 3.64. The maximum Gasteiger partial charge on any atom is 0.0471 e. The molecule has 0 rings (SSSR count). The quantitative estimate of drug-likeness (QED) is 0.541. The van der Waals surface area contributed by atoms with Crippen LogP contribution in [0, 0.1) is 11.8 Å². The summed E-state index contributed by atoms with van der Waals surface area (Å²) in [4.78, 5) is 0. The minimum Gasteiger partial charge on any atom is -0.396 e. The summed E-state index contributed by atoms with van der Waals surface area (Å²) in [6.45, 7) is 7.27. The van der Waals surface area contributed by atoms with E-state index in [0.29, 0.717) is 12.0 Å². The average Bonchev–Trinajstić information content (AvgIpc) is 2.11. The van der Waals surface area contributed by atoms with Crippen LogP contribution in [0.2, 0.25) is 0 Å². The van der Waals surface area contributed by atoms with Crippen molar-refractivity contribution in [1.29, 1.82) is 0 Å². The van der Waals surface area contributed by atoms with Crippen molar-refractivity contribution >= 4 is 0 Å². The van der Waals surface area contributed by atoms with Crippen LogP contribution in [0.1, 0.15) is 20.8 Å². The van der Waals surface area contributed by atoms with Gasteiger partial charge in [0.2, 0.25) is 0 Å². The van der Waals surface area contributed by atoms with Crippen LogP contribution in [0.15, 0.2) is 0 Å². The van der Waals surface area contributed by atoms with E-state index in [1.54, 1.807) is 0 Å². The van der Waals surface area contributed by atoms with Crippen molar-refractivity contribution in [3.05, 3.63) is 0 Å². The number of aliphatic hydroxyl groups excluding tert-OH is 2. The number of hydrogen-bond donors (Lipinski definition) is 3. The van der Waals surface area contributed by atoms with Crippen molar-refractivity contribution < 1.29 is 10.2 Å². The first-order valence-electron chi connectivity index (χ1n) is 4.56. The van der Waals surface area contributed by atoms with Crippen LogP contribution in [-0.2, 0) is 0 Å². The Kier molecular flexibility index (Phi) is 6.34. The van der Waals surface area contributed by atoms with E-state index in [4.69, 9.17) is 10.2 Å². The zero-order valence-electron chi connectivity index (χ0n) is 8.25. The molecule has 0 aromatic heterocycles. The van der Waals surface area contributed by atoms with Crippen LogP contribution >= 0.6 is 0 Å². The molecule has 3 atom stereocenters. The van der Waals surface area contributed by atoms with E-state index in [0.717, 1.165) is 6.54 Å². The lowest BCUT2D eigenvalue weighted by molar-refractivity contribution is 0.193. The lowest BCUT2D eigenvalue weighted by Crippen LogP contribution is -2.37. The third-order valence-corrected chi connectivity index (χ3v) is 2.24. The molecule has 3 N–H and O–H groups in total. The summed E-state index contributed by atoms with van der Waals surface area (Å²) in [5.41, 5.74) is 0. The molecule has 3 unspecified atom stereocenters. The minimum atomic E-state index is 0.210. The van der Waals surface area contributed by atoms with Gasteiger partial charge < -0.3 is 15.5 Å². The van der Waals surface area contributed by atoms with Gasteiger partial charge in [-0.05, 0) is 18.8 Å². The summed E-state index contributed by atoms with van der Waals surface area (Å²) in [7, 11) is 0. The van der Waals surface area contributed by atoms with Gasteiger partial charge >= 0.3 is 0 Å². The molecule has 0 aromatic carbocycles. The fourth-order valence-electron chi connectivity index (χ4n) is 0.811. The first-order valence-corrected chi connectivity index (χ1v) is 4.56. The summed E-state index contributed by atoms with van der Waals surface area (Å²) in [6, 6.07) is 0.309. The lowest BCUT2D eigenvalue weighted by atomic mass is 10.0. The molecule has 3 heteroatoms. The summed E-state index contributed by atoms with van der Waals surface area (Å²) < 4.78 is 0. The molecule has 74 valence electrons. The molecule has 0 aliphatic rings. The molecule has 0 saturated carbocycles. The standard InChI is InChI=1S/C9H21NO2/c1-7(5-11)4-10-9(3)8(2)6-12/h7-12H,4-6H2,1-3H3. The van der Waals surface area contributed by atoms with Crippen LogP contribution in [0.3, 0.4) is 0 Å². The highest BCUT2D eigenvalue weighted by molar-refractivity contribution is 4.68. The Balaban J connectivity index is 3.49. The van der Waals surface area contributed by atoms with Gasteiger partial charge in [-0.15, -0.1) is 0 Å². The molecule has 0 aliphatic carbocycles. The topological polar surface area (TPSA) is 52.5 Å². The smallest absolute Gasteiger partial charge is 0.0471 e. The number of rotatable bonds is 6. The van der Waals surface area contributed by atoms with Crippen LogP contribution in [0.4, 0.5) is 0 Å². The van der Waals surface area contributed by atoms with E-state index in [-0.39, 0.29) is 19.1 Å². The summed E-state index contributed by atoms with van der Waals surface area (Å²) >= 11 is 0. The molecule has 0 bridgehead atoms. The SMILES string of the molecule is CC(CO)CNC(C)C(C)CO. The highest BCUT2D eigenvalue weighted by Crippen LogP contribution is 2.01. The maximum atomic E-state index is 8.84. The molecule has 0 fully saturated rings. The lowest BCUT2D eigenvalue weighted by Gasteiger charge is -2.20. The van der Waals surface area contributed by atoms with Crippen molar-refractivity contribution in [2.75, 3.05) is 19.8 Å². The van der Waals surface area contributed by atoms with Crippen LogP contribution in [0.25, 0.3) is 0 Å². The van der Waals surface area contributed by atoms with Gasteiger partial charge in [0.25, 0.3) is 0 Å². The van der Waals surface area contributed by atoms with Gasteiger partial charge in [-0.1, -0.05) is 13.8 Å². The second kappa shape index (κ2) is 6.40. The highest BCUT2D eigenvalue weighted by Gasteiger charge is 2.10. The number of aliphatic hydroxyl groups is 2. The Bertz CT molecular complexity index is 109. The Morgan fingerprint density at radius 2 is 1.67 bits per heavy atom. The molecular formula is C9H21NO2. The third kappa shape index (κ3) is 4.70. The zero-order valence-corrected chi connectivity index (χ0v) is 8.25. The molecule has 0 radical (unpaired) electrons. The highest BCUT2D eigenvalue weighted by atomic mass is 16.3. The predicted octanol–water partition coefficient (Wildman–Crippen LogP) is 0.221. The molecule has 0 aromatic rings. The van der Waals surface area contributed by atoms with Crippen LogP contribution in [0.5, 0.6) is 0 Å². The molecule has 0 heterocycles. The Hall–Kier alpha value is -0.120. The third-order valence-electron chi connectivity index (χ3n) is 2.24. The molecular weight excluding hydrogens is 154 g/mol. The minimum absolute atomic E-state index is 0.210. The first-order chi connectivity index (χ1) is 5.61. The van der Waals surface area contributed by atoms with Crippen LogP contribution in [-0.4, -0.2) is 36.0 Å². The molecule has 0 amide bonds. The van der Waals surface area contributed by atoms with Crippen molar-refractivity contribution in [3.63, 3.8) is 0 Å². The van der Waals surface area contributed by atoms with E-state index in [9.17, 15) is 0 Å². The fourth-order valence-corrected chi connectivity index (χ4v) is 0.811. The van der Waals surface area contributed by atoms with Gasteiger partial charge in [-0.25, -0.2) is 0 Å². The van der Waals surface area contributed by atoms with E-state index < -0.39 is 0 Å². The van der Waals surface area contributed by atoms with E-state index >= 15 is 0 Å². The number of hydrogen-bond acceptors (Lipinski definition) is 3. The summed E-state index contributed by atoms with van der Waals surface area (Å²) in [5, 5.41) is 20.9. The molecule has 0 spiro atoms. The van der Waals surface area contributed by atoms with Crippen molar-refractivity contribution in [3.8, 4) is 0 Å². The predicted molar refractivity (Wildman–Crippen MR) is 50.0 cm³/mol. The molecule has 12 heavy (non-hydrogen) atoms. The Morgan fingerprint density at radius 1 is 1.08 bits per heavy atom. The molecule has 0 saturated heterocycles. The maximum absolute atomic E-state index is 8.84. The van der Waals surface area contributed by atoms with Crippen LogP contribution < -0.4 is 5.32 Å². The first kappa shape index (κ1) is 11.9. The van der Waals surface area contributed by atoms with Gasteiger partial charge in [0, 0.05) is 25.8 Å². The van der Waals surface area contributed by atoms with Gasteiger partial charge in [0.05, 0.1) is 0 Å². The van der Waals surface area contributed by atoms with E-state index in [1.807, 2.05) is 20.8 Å². The van der Waals surface area contributed by atoms with E-state index in [1.165, 1.54) is 0 Å². The summed E-state index contributed by atoms with van der Waals surface area (Å²) in [5.74, 6) is 0.564. The Labute approximate surface area is 74.8 Å². The summed E-state index contributed by atoms with van der Waals surface area (Å²) in [6.07, 6.45) is 0. The van der Waals surface area contributed by atoms with Gasteiger partial charge in [0.1, 0.15) is 0 Å². The largest absolute Gasteiger partial charge is 0.396 e. The van der Waals surface area contributed by atoms with Gasteiger partial charge in [-0.3, -0.25) is 0 Å². The van der Waals surface area contributed by atoms with Gasteiger partial charge in [-0.2, -0.15) is 0 Å². The zero-order chi connectivity index (χ0) is 9.56. The monoisotopic (exact) mass is 175 g/mol. The van der Waals surface area contributed by atoms with E-state index in [2.05, 4.69) is 5.32 Å². The fraction of sp³-hybridized carbons (Fsp3) is 1.00. The average molecular weight is 175 g/mol. The molecule has 0 aliphatic heterocycles. The second-order valence-electron chi connectivity index (χ2n) is 3.64. The normalized spacial score (nSPS) is 18.8. The van der Waals surface area contributed by atoms with Crippen molar-refractivity contribution in [2.45, 2.75) is 26.8 Å².